The van der Waals surface area contributed by atoms with Crippen LogP contribution >= 0.6 is 11.3 Å². The van der Waals surface area contributed by atoms with Crippen LogP contribution in [0.2, 0.25) is 0 Å². The van der Waals surface area contributed by atoms with Crippen molar-refractivity contribution in [3.8, 4) is 0 Å². The molecule has 0 unspecified atom stereocenters. The number of thiophene rings is 1. The Morgan fingerprint density at radius 3 is 2.68 bits per heavy atom. The van der Waals surface area contributed by atoms with Crippen LogP contribution in [0.1, 0.15) is 36.0 Å². The molecule has 0 aliphatic heterocycles. The van der Waals surface area contributed by atoms with Crippen molar-refractivity contribution in [3.63, 3.8) is 0 Å². The van der Waals surface area contributed by atoms with Crippen LogP contribution < -0.4 is 5.32 Å². The first-order valence-electron chi connectivity index (χ1n) is 6.66. The summed E-state index contributed by atoms with van der Waals surface area (Å²) in [6.07, 6.45) is 2.81. The van der Waals surface area contributed by atoms with E-state index in [2.05, 4.69) is 15.4 Å². The van der Waals surface area contributed by atoms with E-state index >= 15 is 0 Å². The standard InChI is InChI=1S/C14H18N4O3S/c1-14(2,3)10-5-9(13(20)21-4)12(22-10)17-11(19)6-18-8-15-7-16-18/h5,7-8H,6H2,1-4H3,(H,17,19). The monoisotopic (exact) mass is 322 g/mol. The number of rotatable bonds is 4. The first-order chi connectivity index (χ1) is 10.3. The number of anilines is 1. The molecule has 22 heavy (non-hydrogen) atoms. The van der Waals surface area contributed by atoms with Gasteiger partial charge < -0.3 is 10.1 Å². The normalized spacial score (nSPS) is 11.3. The number of aromatic nitrogens is 3. The van der Waals surface area contributed by atoms with Gasteiger partial charge in [0.1, 0.15) is 24.2 Å². The number of nitrogens with zero attached hydrogens (tertiary/aromatic N) is 3. The fourth-order valence-electron chi connectivity index (χ4n) is 1.74. The van der Waals surface area contributed by atoms with Crippen molar-refractivity contribution >= 4 is 28.2 Å². The van der Waals surface area contributed by atoms with E-state index in [1.807, 2.05) is 20.8 Å². The summed E-state index contributed by atoms with van der Waals surface area (Å²) in [5, 5.41) is 7.11. The van der Waals surface area contributed by atoms with Gasteiger partial charge in [0.2, 0.25) is 5.91 Å². The van der Waals surface area contributed by atoms with Gasteiger partial charge in [-0.2, -0.15) is 5.10 Å². The topological polar surface area (TPSA) is 86.1 Å². The van der Waals surface area contributed by atoms with Crippen LogP contribution in [-0.4, -0.2) is 33.8 Å². The maximum absolute atomic E-state index is 12.1. The predicted octanol–water partition coefficient (Wildman–Crippen LogP) is 2.06. The lowest BCUT2D eigenvalue weighted by molar-refractivity contribution is -0.116. The number of hydrogen-bond donors (Lipinski definition) is 1. The SMILES string of the molecule is COC(=O)c1cc(C(C)(C)C)sc1NC(=O)Cn1cncn1. The van der Waals surface area contributed by atoms with Crippen molar-refractivity contribution in [1.29, 1.82) is 0 Å². The first-order valence-corrected chi connectivity index (χ1v) is 7.48. The van der Waals surface area contributed by atoms with E-state index < -0.39 is 5.97 Å². The lowest BCUT2D eigenvalue weighted by Crippen LogP contribution is -2.19. The highest BCUT2D eigenvalue weighted by Gasteiger charge is 2.24. The molecule has 0 radical (unpaired) electrons. The number of esters is 1. The number of carbonyl (C=O) groups excluding carboxylic acids is 2. The number of methoxy groups -OCH3 is 1. The molecule has 1 N–H and O–H groups in total. The summed E-state index contributed by atoms with van der Waals surface area (Å²) in [5.41, 5.74) is 0.242. The molecule has 2 aromatic heterocycles. The average molecular weight is 322 g/mol. The van der Waals surface area contributed by atoms with Gasteiger partial charge in [-0.3, -0.25) is 4.79 Å². The van der Waals surface area contributed by atoms with Gasteiger partial charge in [-0.05, 0) is 11.5 Å². The molecule has 0 aliphatic carbocycles. The van der Waals surface area contributed by atoms with E-state index in [4.69, 9.17) is 4.74 Å². The maximum atomic E-state index is 12.1. The largest absolute Gasteiger partial charge is 0.465 e. The number of ether oxygens (including phenoxy) is 1. The lowest BCUT2D eigenvalue weighted by atomic mass is 9.94. The predicted molar refractivity (Wildman–Crippen MR) is 83.0 cm³/mol. The van der Waals surface area contributed by atoms with Crippen molar-refractivity contribution in [3.05, 3.63) is 29.2 Å². The molecular formula is C14H18N4O3S. The summed E-state index contributed by atoms with van der Waals surface area (Å²) in [4.78, 5) is 28.7. The van der Waals surface area contributed by atoms with Crippen molar-refractivity contribution in [2.45, 2.75) is 32.7 Å². The van der Waals surface area contributed by atoms with Gasteiger partial charge in [0.05, 0.1) is 12.7 Å². The summed E-state index contributed by atoms with van der Waals surface area (Å²) in [5.74, 6) is -0.749. The molecule has 0 aliphatic rings. The number of nitrogens with one attached hydrogen (secondary N) is 1. The molecule has 2 aromatic rings. The second-order valence-electron chi connectivity index (χ2n) is 5.74. The fraction of sp³-hybridized carbons (Fsp3) is 0.429. The Bertz CT molecular complexity index is 671. The summed E-state index contributed by atoms with van der Waals surface area (Å²) >= 11 is 1.37. The smallest absolute Gasteiger partial charge is 0.340 e. The molecule has 118 valence electrons. The third-order valence-electron chi connectivity index (χ3n) is 2.90. The third-order valence-corrected chi connectivity index (χ3v) is 4.38. The number of amides is 1. The minimum Gasteiger partial charge on any atom is -0.465 e. The molecule has 2 rings (SSSR count). The number of hydrogen-bond acceptors (Lipinski definition) is 6. The van der Waals surface area contributed by atoms with Crippen LogP contribution in [0.15, 0.2) is 18.7 Å². The Hall–Kier alpha value is -2.22. The van der Waals surface area contributed by atoms with E-state index in [-0.39, 0.29) is 17.9 Å². The van der Waals surface area contributed by atoms with Crippen molar-refractivity contribution in [2.75, 3.05) is 12.4 Å². The zero-order valence-corrected chi connectivity index (χ0v) is 13.7. The van der Waals surface area contributed by atoms with Gasteiger partial charge in [-0.25, -0.2) is 14.5 Å². The van der Waals surface area contributed by atoms with E-state index in [9.17, 15) is 9.59 Å². The average Bonchev–Trinajstić information content (AvgIpc) is 3.06. The molecule has 0 bridgehead atoms. The molecule has 0 spiro atoms. The Kier molecular flexibility index (Phi) is 4.60. The maximum Gasteiger partial charge on any atom is 0.340 e. The summed E-state index contributed by atoms with van der Waals surface area (Å²) < 4.78 is 6.19. The number of carbonyl (C=O) groups is 2. The summed E-state index contributed by atoms with van der Waals surface area (Å²) in [6, 6.07) is 1.77. The first kappa shape index (κ1) is 16.2. The summed E-state index contributed by atoms with van der Waals surface area (Å²) in [7, 11) is 1.32. The molecule has 0 atom stereocenters. The zero-order chi connectivity index (χ0) is 16.3. The van der Waals surface area contributed by atoms with Gasteiger partial charge in [0.25, 0.3) is 0 Å². The Morgan fingerprint density at radius 2 is 2.14 bits per heavy atom. The van der Waals surface area contributed by atoms with Gasteiger partial charge in [-0.15, -0.1) is 11.3 Å². The van der Waals surface area contributed by atoms with Gasteiger partial charge in [-0.1, -0.05) is 20.8 Å². The van der Waals surface area contributed by atoms with Crippen LogP contribution in [0, 0.1) is 0 Å². The second-order valence-corrected chi connectivity index (χ2v) is 6.79. The molecular weight excluding hydrogens is 304 g/mol. The van der Waals surface area contributed by atoms with Crippen LogP contribution in [0.25, 0.3) is 0 Å². The van der Waals surface area contributed by atoms with Crippen LogP contribution in [0.5, 0.6) is 0 Å². The minimum absolute atomic E-state index is 0.0311. The quantitative estimate of drug-likeness (QED) is 0.871. The van der Waals surface area contributed by atoms with Crippen LogP contribution in [0.3, 0.4) is 0 Å². The van der Waals surface area contributed by atoms with E-state index in [1.165, 1.54) is 35.8 Å². The van der Waals surface area contributed by atoms with Crippen molar-refractivity contribution in [1.82, 2.24) is 14.8 Å². The van der Waals surface area contributed by atoms with Gasteiger partial charge >= 0.3 is 5.97 Å². The molecule has 0 fully saturated rings. The lowest BCUT2D eigenvalue weighted by Gasteiger charge is -2.15. The molecule has 2 heterocycles. The Balaban J connectivity index is 2.23. The van der Waals surface area contributed by atoms with Gasteiger partial charge in [0, 0.05) is 4.88 Å². The van der Waals surface area contributed by atoms with Crippen LogP contribution in [-0.2, 0) is 21.5 Å². The highest BCUT2D eigenvalue weighted by molar-refractivity contribution is 7.16. The molecule has 0 saturated heterocycles. The Morgan fingerprint density at radius 1 is 1.41 bits per heavy atom. The Labute approximate surface area is 132 Å². The third kappa shape index (κ3) is 3.70. The summed E-state index contributed by atoms with van der Waals surface area (Å²) in [6.45, 7) is 6.16. The van der Waals surface area contributed by atoms with E-state index in [0.29, 0.717) is 10.6 Å². The highest BCUT2D eigenvalue weighted by atomic mass is 32.1. The van der Waals surface area contributed by atoms with Gasteiger partial charge in [0.15, 0.2) is 0 Å². The second kappa shape index (κ2) is 6.27. The van der Waals surface area contributed by atoms with Crippen LogP contribution in [0.4, 0.5) is 5.00 Å². The fourth-order valence-corrected chi connectivity index (χ4v) is 2.86. The zero-order valence-electron chi connectivity index (χ0n) is 12.9. The van der Waals surface area contributed by atoms with Crippen molar-refractivity contribution in [2.24, 2.45) is 0 Å². The van der Waals surface area contributed by atoms with E-state index in [1.54, 1.807) is 6.07 Å². The minimum atomic E-state index is -0.470. The molecule has 7 nitrogen and oxygen atoms in total. The molecule has 1 amide bonds. The molecule has 8 heteroatoms. The molecule has 0 saturated carbocycles. The molecule has 0 aromatic carbocycles. The highest BCUT2D eigenvalue weighted by Crippen LogP contribution is 2.36. The van der Waals surface area contributed by atoms with Crippen molar-refractivity contribution < 1.29 is 14.3 Å². The van der Waals surface area contributed by atoms with E-state index in [0.717, 1.165) is 4.88 Å².